The Morgan fingerprint density at radius 2 is 2.22 bits per heavy atom. The number of thiazole rings is 1. The predicted molar refractivity (Wildman–Crippen MR) is 63.8 cm³/mol. The Morgan fingerprint density at radius 3 is 2.94 bits per heavy atom. The molecule has 3 aromatic rings. The Hall–Kier alpha value is -2.28. The molecule has 0 bridgehead atoms. The summed E-state index contributed by atoms with van der Waals surface area (Å²) in [4.78, 5) is 27.1. The summed E-state index contributed by atoms with van der Waals surface area (Å²) in [6, 6.07) is 4.00. The van der Waals surface area contributed by atoms with Crippen molar-refractivity contribution >= 4 is 32.5 Å². The van der Waals surface area contributed by atoms with Crippen LogP contribution in [0.3, 0.4) is 0 Å². The summed E-state index contributed by atoms with van der Waals surface area (Å²) >= 11 is 1.20. The average molecular weight is 264 g/mol. The smallest absolute Gasteiger partial charge is 0.342 e. The van der Waals surface area contributed by atoms with Gasteiger partial charge < -0.3 is 5.11 Å². The maximum absolute atomic E-state index is 13.2. The SMILES string of the molecule is O=C(O)c1cnc2sc3ccc(F)cc3n2c1=O. The molecule has 0 fully saturated rings. The second-order valence-corrected chi connectivity index (χ2v) is 4.62. The van der Waals surface area contributed by atoms with Gasteiger partial charge in [-0.3, -0.25) is 9.20 Å². The number of carboxylic acid groups (broad SMARTS) is 1. The van der Waals surface area contributed by atoms with Crippen LogP contribution in [0.5, 0.6) is 0 Å². The largest absolute Gasteiger partial charge is 0.477 e. The number of hydrogen-bond donors (Lipinski definition) is 1. The molecule has 2 heterocycles. The van der Waals surface area contributed by atoms with Gasteiger partial charge in [-0.1, -0.05) is 11.3 Å². The highest BCUT2D eigenvalue weighted by molar-refractivity contribution is 7.23. The highest BCUT2D eigenvalue weighted by Gasteiger charge is 2.15. The minimum Gasteiger partial charge on any atom is -0.477 e. The molecule has 0 saturated carbocycles. The summed E-state index contributed by atoms with van der Waals surface area (Å²) in [7, 11) is 0. The predicted octanol–water partition coefficient (Wildman–Crippen LogP) is 1.75. The molecule has 1 aromatic carbocycles. The van der Waals surface area contributed by atoms with Gasteiger partial charge in [0.25, 0.3) is 5.56 Å². The van der Waals surface area contributed by atoms with Gasteiger partial charge in [0.15, 0.2) is 4.96 Å². The van der Waals surface area contributed by atoms with E-state index in [1.54, 1.807) is 0 Å². The molecule has 1 N–H and O–H groups in total. The number of aromatic nitrogens is 2. The summed E-state index contributed by atoms with van der Waals surface area (Å²) in [6.07, 6.45) is 1.02. The van der Waals surface area contributed by atoms with Gasteiger partial charge >= 0.3 is 5.97 Å². The average Bonchev–Trinajstić information content (AvgIpc) is 2.67. The molecule has 0 radical (unpaired) electrons. The molecule has 7 heteroatoms. The Balaban J connectivity index is 2.56. The van der Waals surface area contributed by atoms with E-state index in [9.17, 15) is 14.0 Å². The van der Waals surface area contributed by atoms with Crippen LogP contribution >= 0.6 is 11.3 Å². The lowest BCUT2D eigenvalue weighted by atomic mass is 10.3. The van der Waals surface area contributed by atoms with Gasteiger partial charge in [0.2, 0.25) is 0 Å². The fraction of sp³-hybridized carbons (Fsp3) is 0. The van der Waals surface area contributed by atoms with Crippen LogP contribution in [0.4, 0.5) is 4.39 Å². The van der Waals surface area contributed by atoms with Crippen LogP contribution in [-0.4, -0.2) is 20.5 Å². The number of nitrogens with zero attached hydrogens (tertiary/aromatic N) is 2. The maximum Gasteiger partial charge on any atom is 0.342 e. The molecule has 2 aromatic heterocycles. The van der Waals surface area contributed by atoms with E-state index in [0.717, 1.165) is 10.6 Å². The van der Waals surface area contributed by atoms with E-state index in [1.807, 2.05) is 0 Å². The molecular weight excluding hydrogens is 259 g/mol. The van der Waals surface area contributed by atoms with E-state index in [2.05, 4.69) is 4.98 Å². The molecule has 0 saturated heterocycles. The first-order valence-corrected chi connectivity index (χ1v) is 5.72. The molecule has 0 aliphatic rings. The fourth-order valence-electron chi connectivity index (χ4n) is 1.72. The zero-order valence-corrected chi connectivity index (χ0v) is 9.57. The lowest BCUT2D eigenvalue weighted by Crippen LogP contribution is -2.21. The van der Waals surface area contributed by atoms with Crippen LogP contribution in [0.25, 0.3) is 15.2 Å². The van der Waals surface area contributed by atoms with E-state index < -0.39 is 22.9 Å². The van der Waals surface area contributed by atoms with Gasteiger partial charge in [0.05, 0.1) is 16.4 Å². The standard InChI is InChI=1S/C11H5FN2O3S/c12-5-1-2-8-7(3-5)14-9(15)6(10(16)17)4-13-11(14)18-8/h1-4H,(H,16,17). The molecule has 18 heavy (non-hydrogen) atoms. The molecule has 3 rings (SSSR count). The molecule has 0 amide bonds. The molecule has 90 valence electrons. The van der Waals surface area contributed by atoms with Gasteiger partial charge in [0, 0.05) is 0 Å². The van der Waals surface area contributed by atoms with Gasteiger partial charge in [-0.25, -0.2) is 14.2 Å². The first kappa shape index (κ1) is 10.8. The number of carboxylic acids is 1. The van der Waals surface area contributed by atoms with Crippen molar-refractivity contribution < 1.29 is 14.3 Å². The van der Waals surface area contributed by atoms with E-state index >= 15 is 0 Å². The summed E-state index contributed by atoms with van der Waals surface area (Å²) in [5.41, 5.74) is -0.809. The number of rotatable bonds is 1. The maximum atomic E-state index is 13.2. The zero-order chi connectivity index (χ0) is 12.9. The third-order valence-electron chi connectivity index (χ3n) is 2.52. The molecule has 0 unspecified atom stereocenters. The van der Waals surface area contributed by atoms with Crippen molar-refractivity contribution in [3.63, 3.8) is 0 Å². The van der Waals surface area contributed by atoms with Crippen molar-refractivity contribution in [2.24, 2.45) is 0 Å². The van der Waals surface area contributed by atoms with Crippen molar-refractivity contribution in [3.8, 4) is 0 Å². The second kappa shape index (κ2) is 3.61. The first-order valence-electron chi connectivity index (χ1n) is 4.91. The van der Waals surface area contributed by atoms with Crippen LogP contribution in [0.2, 0.25) is 0 Å². The van der Waals surface area contributed by atoms with Crippen molar-refractivity contribution in [2.45, 2.75) is 0 Å². The number of benzene rings is 1. The van der Waals surface area contributed by atoms with E-state index in [0.29, 0.717) is 15.2 Å². The monoisotopic (exact) mass is 264 g/mol. The van der Waals surface area contributed by atoms with Crippen molar-refractivity contribution in [1.29, 1.82) is 0 Å². The number of hydrogen-bond acceptors (Lipinski definition) is 4. The minimum atomic E-state index is -1.35. The molecule has 0 spiro atoms. The highest BCUT2D eigenvalue weighted by atomic mass is 32.1. The van der Waals surface area contributed by atoms with E-state index in [4.69, 9.17) is 5.11 Å². The number of fused-ring (bicyclic) bond motifs is 3. The summed E-state index contributed by atoms with van der Waals surface area (Å²) in [5.74, 6) is -1.84. The quantitative estimate of drug-likeness (QED) is 0.726. The minimum absolute atomic E-state index is 0.329. The summed E-state index contributed by atoms with van der Waals surface area (Å²) in [5, 5.41) is 8.87. The van der Waals surface area contributed by atoms with Crippen molar-refractivity contribution in [2.75, 3.05) is 0 Å². The van der Waals surface area contributed by atoms with Crippen molar-refractivity contribution in [1.82, 2.24) is 9.38 Å². The Morgan fingerprint density at radius 1 is 1.44 bits per heavy atom. The highest BCUT2D eigenvalue weighted by Crippen LogP contribution is 2.24. The first-order chi connectivity index (χ1) is 8.58. The van der Waals surface area contributed by atoms with Crippen LogP contribution in [0, 0.1) is 5.82 Å². The van der Waals surface area contributed by atoms with Crippen molar-refractivity contribution in [3.05, 3.63) is 46.1 Å². The lowest BCUT2D eigenvalue weighted by Gasteiger charge is -1.96. The van der Waals surface area contributed by atoms with Gasteiger partial charge in [0.1, 0.15) is 11.4 Å². The van der Waals surface area contributed by atoms with Crippen LogP contribution in [-0.2, 0) is 0 Å². The Kier molecular flexibility index (Phi) is 2.17. The Labute approximate surface area is 103 Å². The molecule has 0 aliphatic carbocycles. The Bertz CT molecular complexity index is 852. The fourth-order valence-corrected chi connectivity index (χ4v) is 2.69. The zero-order valence-electron chi connectivity index (χ0n) is 8.75. The number of halogens is 1. The molecule has 0 aliphatic heterocycles. The van der Waals surface area contributed by atoms with E-state index in [1.165, 1.54) is 29.5 Å². The third-order valence-corrected chi connectivity index (χ3v) is 3.56. The topological polar surface area (TPSA) is 71.7 Å². The summed E-state index contributed by atoms with van der Waals surface area (Å²) in [6.45, 7) is 0. The van der Waals surface area contributed by atoms with Crippen LogP contribution < -0.4 is 5.56 Å². The molecule has 5 nitrogen and oxygen atoms in total. The van der Waals surface area contributed by atoms with E-state index in [-0.39, 0.29) is 0 Å². The normalized spacial score (nSPS) is 11.2. The van der Waals surface area contributed by atoms with Gasteiger partial charge in [-0.15, -0.1) is 0 Å². The molecular formula is C11H5FN2O3S. The van der Waals surface area contributed by atoms with Gasteiger partial charge in [-0.2, -0.15) is 0 Å². The number of carbonyl (C=O) groups is 1. The van der Waals surface area contributed by atoms with Gasteiger partial charge in [-0.05, 0) is 18.2 Å². The lowest BCUT2D eigenvalue weighted by molar-refractivity contribution is 0.0694. The number of aromatic carboxylic acids is 1. The molecule has 0 atom stereocenters. The van der Waals surface area contributed by atoms with Crippen LogP contribution in [0.1, 0.15) is 10.4 Å². The van der Waals surface area contributed by atoms with Crippen LogP contribution in [0.15, 0.2) is 29.2 Å². The third kappa shape index (κ3) is 1.41. The summed E-state index contributed by atoms with van der Waals surface area (Å²) < 4.78 is 15.0. The second-order valence-electron chi connectivity index (χ2n) is 3.61.